The smallest absolute Gasteiger partial charge is 0.422 e. The molecule has 0 aromatic rings. The van der Waals surface area contributed by atoms with E-state index < -0.39 is 41.0 Å². The molecule has 0 saturated carbocycles. The molecule has 1 amide bonds. The molecule has 0 aliphatic rings. The van der Waals surface area contributed by atoms with Crippen LogP contribution in [0, 0.1) is 0 Å². The summed E-state index contributed by atoms with van der Waals surface area (Å²) in [5.41, 5.74) is 0. The highest BCUT2D eigenvalue weighted by molar-refractivity contribution is 7.88. The number of carbonyl (C=O) groups is 2. The molecule has 10 heteroatoms. The Bertz CT molecular complexity index is 392. The Morgan fingerprint density at radius 2 is 1.89 bits per heavy atom. The van der Waals surface area contributed by atoms with Gasteiger partial charge in [0.2, 0.25) is 0 Å². The van der Waals surface area contributed by atoms with Crippen LogP contribution < -0.4 is 9.44 Å². The lowest BCUT2D eigenvalue weighted by Crippen LogP contribution is -2.50. The average Bonchev–Trinajstić information content (AvgIpc) is 2.22. The Kier molecular flexibility index (Phi) is 6.58. The lowest BCUT2D eigenvalue weighted by molar-refractivity contribution is -0.143. The summed E-state index contributed by atoms with van der Waals surface area (Å²) in [5, 5.41) is 8.80. The van der Waals surface area contributed by atoms with Crippen molar-refractivity contribution in [2.24, 2.45) is 0 Å². The molecular formula is C8H16N2O7S. The van der Waals surface area contributed by atoms with Gasteiger partial charge in [-0.05, 0) is 13.8 Å². The molecule has 0 fully saturated rings. The van der Waals surface area contributed by atoms with Gasteiger partial charge in [-0.3, -0.25) is 4.79 Å². The molecule has 106 valence electrons. The van der Waals surface area contributed by atoms with Crippen LogP contribution in [0.25, 0.3) is 0 Å². The molecular weight excluding hydrogens is 268 g/mol. The van der Waals surface area contributed by atoms with E-state index in [2.05, 4.69) is 9.47 Å². The quantitative estimate of drug-likeness (QED) is 0.505. The molecule has 9 nitrogen and oxygen atoms in total. The van der Waals surface area contributed by atoms with Crippen LogP contribution in [0.3, 0.4) is 0 Å². The minimum absolute atomic E-state index is 0.505. The highest BCUT2D eigenvalue weighted by Gasteiger charge is 2.26. The first kappa shape index (κ1) is 16.6. The summed E-state index contributed by atoms with van der Waals surface area (Å²) in [6, 6.07) is -1.50. The number of nitrogens with one attached hydrogen (secondary N) is 2. The third-order valence-electron chi connectivity index (χ3n) is 1.53. The molecule has 0 spiro atoms. The van der Waals surface area contributed by atoms with Gasteiger partial charge in [0.05, 0.1) is 19.8 Å². The van der Waals surface area contributed by atoms with E-state index in [1.807, 2.05) is 0 Å². The van der Waals surface area contributed by atoms with Crippen molar-refractivity contribution in [3.05, 3.63) is 0 Å². The Balaban J connectivity index is 4.55. The molecule has 18 heavy (non-hydrogen) atoms. The maximum atomic E-state index is 11.4. The highest BCUT2D eigenvalue weighted by atomic mass is 32.2. The predicted octanol–water partition coefficient (Wildman–Crippen LogP) is -1.51. The monoisotopic (exact) mass is 284 g/mol. The molecule has 1 atom stereocenters. The molecule has 0 rings (SSSR count). The molecule has 0 radical (unpaired) electrons. The van der Waals surface area contributed by atoms with E-state index >= 15 is 0 Å². The number of methoxy groups -OCH3 is 1. The molecule has 0 aromatic heterocycles. The first-order chi connectivity index (χ1) is 8.21. The van der Waals surface area contributed by atoms with E-state index in [0.717, 1.165) is 7.11 Å². The molecule has 0 aromatic carbocycles. The molecule has 3 N–H and O–H groups in total. The number of hydrogen-bond donors (Lipinski definition) is 3. The maximum Gasteiger partial charge on any atom is 0.422 e. The van der Waals surface area contributed by atoms with Crippen molar-refractivity contribution in [2.45, 2.75) is 26.0 Å². The van der Waals surface area contributed by atoms with Crippen molar-refractivity contribution in [3.8, 4) is 0 Å². The second-order valence-corrected chi connectivity index (χ2v) is 4.88. The molecule has 0 aliphatic heterocycles. The third kappa shape index (κ3) is 6.37. The van der Waals surface area contributed by atoms with Crippen LogP contribution in [0.5, 0.6) is 0 Å². The second kappa shape index (κ2) is 7.13. The minimum Gasteiger partial charge on any atom is -0.468 e. The normalized spacial score (nSPS) is 12.9. The fraction of sp³-hybridized carbons (Fsp3) is 0.750. The van der Waals surface area contributed by atoms with Gasteiger partial charge in [0.15, 0.2) is 0 Å². The van der Waals surface area contributed by atoms with Crippen molar-refractivity contribution in [1.82, 2.24) is 9.44 Å². The van der Waals surface area contributed by atoms with E-state index in [-0.39, 0.29) is 0 Å². The van der Waals surface area contributed by atoms with Crippen LogP contribution in [-0.2, 0) is 24.5 Å². The van der Waals surface area contributed by atoms with Gasteiger partial charge < -0.3 is 14.6 Å². The highest BCUT2D eigenvalue weighted by Crippen LogP contribution is 1.93. The van der Waals surface area contributed by atoms with Crippen LogP contribution in [0.2, 0.25) is 0 Å². The predicted molar refractivity (Wildman–Crippen MR) is 59.7 cm³/mol. The van der Waals surface area contributed by atoms with Crippen molar-refractivity contribution in [2.75, 3.05) is 13.7 Å². The van der Waals surface area contributed by atoms with Gasteiger partial charge in [0.25, 0.3) is 0 Å². The summed E-state index contributed by atoms with van der Waals surface area (Å²) in [6.45, 7) is 2.25. The summed E-state index contributed by atoms with van der Waals surface area (Å²) >= 11 is 0. The standard InChI is InChI=1S/C8H16N2O7S/c1-5(2)17-8(13)10-18(14,15)9-6(4-11)7(12)16-3/h5-6,9,11H,4H2,1-3H3,(H,10,13)/t6-/m0/s1. The Hall–Kier alpha value is -1.39. The van der Waals surface area contributed by atoms with E-state index in [1.54, 1.807) is 4.72 Å². The lowest BCUT2D eigenvalue weighted by Gasteiger charge is -2.15. The number of aliphatic hydroxyl groups excluding tert-OH is 1. The first-order valence-electron chi connectivity index (χ1n) is 4.91. The van der Waals surface area contributed by atoms with Crippen LogP contribution in [0.15, 0.2) is 0 Å². The Morgan fingerprint density at radius 1 is 1.33 bits per heavy atom. The Morgan fingerprint density at radius 3 is 2.28 bits per heavy atom. The summed E-state index contributed by atoms with van der Waals surface area (Å²) in [5.74, 6) is -0.986. The molecule has 0 heterocycles. The summed E-state index contributed by atoms with van der Waals surface area (Å²) in [4.78, 5) is 22.1. The SMILES string of the molecule is COC(=O)[C@H](CO)NS(=O)(=O)NC(=O)OC(C)C. The number of ether oxygens (including phenoxy) is 2. The molecule has 0 saturated heterocycles. The van der Waals surface area contributed by atoms with E-state index in [0.29, 0.717) is 0 Å². The van der Waals surface area contributed by atoms with Crippen LogP contribution in [0.1, 0.15) is 13.8 Å². The van der Waals surface area contributed by atoms with E-state index in [1.165, 1.54) is 18.6 Å². The zero-order valence-electron chi connectivity index (χ0n) is 10.2. The molecule has 0 unspecified atom stereocenters. The summed E-state index contributed by atoms with van der Waals surface area (Å²) in [7, 11) is -3.30. The number of carbonyl (C=O) groups excluding carboxylic acids is 2. The van der Waals surface area contributed by atoms with E-state index in [9.17, 15) is 18.0 Å². The summed E-state index contributed by atoms with van der Waals surface area (Å²) < 4.78 is 34.8. The summed E-state index contributed by atoms with van der Waals surface area (Å²) in [6.07, 6.45) is -1.70. The van der Waals surface area contributed by atoms with Gasteiger partial charge in [-0.1, -0.05) is 0 Å². The van der Waals surface area contributed by atoms with Gasteiger partial charge in [-0.25, -0.2) is 9.52 Å². The van der Waals surface area contributed by atoms with Crippen LogP contribution in [0.4, 0.5) is 4.79 Å². The fourth-order valence-electron chi connectivity index (χ4n) is 0.867. The number of hydrogen-bond acceptors (Lipinski definition) is 7. The topological polar surface area (TPSA) is 131 Å². The largest absolute Gasteiger partial charge is 0.468 e. The van der Waals surface area contributed by atoms with Crippen molar-refractivity contribution >= 4 is 22.3 Å². The second-order valence-electron chi connectivity index (χ2n) is 3.44. The van der Waals surface area contributed by atoms with Gasteiger partial charge in [-0.2, -0.15) is 13.1 Å². The first-order valence-corrected chi connectivity index (χ1v) is 6.39. The fourth-order valence-corrected chi connectivity index (χ4v) is 1.74. The number of rotatable bonds is 6. The zero-order valence-corrected chi connectivity index (χ0v) is 11.0. The average molecular weight is 284 g/mol. The van der Waals surface area contributed by atoms with Crippen molar-refractivity contribution in [1.29, 1.82) is 0 Å². The number of esters is 1. The van der Waals surface area contributed by atoms with Gasteiger partial charge in [0.1, 0.15) is 6.04 Å². The number of amides is 1. The molecule has 0 bridgehead atoms. The Labute approximate surface area is 105 Å². The third-order valence-corrected chi connectivity index (χ3v) is 2.56. The van der Waals surface area contributed by atoms with Crippen LogP contribution in [-0.4, -0.2) is 51.4 Å². The maximum absolute atomic E-state index is 11.4. The van der Waals surface area contributed by atoms with E-state index in [4.69, 9.17) is 5.11 Å². The van der Waals surface area contributed by atoms with Gasteiger partial charge in [-0.15, -0.1) is 0 Å². The van der Waals surface area contributed by atoms with Crippen LogP contribution >= 0.6 is 0 Å². The van der Waals surface area contributed by atoms with Gasteiger partial charge in [0, 0.05) is 0 Å². The number of aliphatic hydroxyl groups is 1. The van der Waals surface area contributed by atoms with Gasteiger partial charge >= 0.3 is 22.3 Å². The molecule has 0 aliphatic carbocycles. The minimum atomic E-state index is -4.33. The zero-order chi connectivity index (χ0) is 14.3. The van der Waals surface area contributed by atoms with Crippen molar-refractivity contribution < 1.29 is 32.6 Å². The van der Waals surface area contributed by atoms with Crippen molar-refractivity contribution in [3.63, 3.8) is 0 Å². The lowest BCUT2D eigenvalue weighted by atomic mass is 10.3.